The van der Waals surface area contributed by atoms with Gasteiger partial charge in [0, 0.05) is 6.04 Å². The van der Waals surface area contributed by atoms with Crippen molar-refractivity contribution < 1.29 is 9.90 Å². The summed E-state index contributed by atoms with van der Waals surface area (Å²) in [5.41, 5.74) is 5.77. The summed E-state index contributed by atoms with van der Waals surface area (Å²) in [4.78, 5) is 10.7. The normalized spacial score (nSPS) is 32.1. The van der Waals surface area contributed by atoms with E-state index in [0.717, 1.165) is 32.1 Å². The van der Waals surface area contributed by atoms with Crippen LogP contribution < -0.4 is 5.73 Å². The first kappa shape index (κ1) is 9.52. The Bertz CT molecular complexity index is 159. The second kappa shape index (κ2) is 4.45. The minimum atomic E-state index is -0.718. The lowest BCUT2D eigenvalue weighted by Gasteiger charge is -2.22. The maximum Gasteiger partial charge on any atom is 0.308 e. The monoisotopic (exact) mass is 171 g/mol. The second-order valence-electron chi connectivity index (χ2n) is 3.60. The Morgan fingerprint density at radius 3 is 2.33 bits per heavy atom. The van der Waals surface area contributed by atoms with Crippen molar-refractivity contribution in [3.05, 3.63) is 0 Å². The molecule has 1 aliphatic carbocycles. The molecule has 1 saturated carbocycles. The molecule has 3 heteroatoms. The van der Waals surface area contributed by atoms with E-state index >= 15 is 0 Å². The minimum Gasteiger partial charge on any atom is -0.481 e. The van der Waals surface area contributed by atoms with Crippen molar-refractivity contribution in [1.29, 1.82) is 0 Å². The van der Waals surface area contributed by atoms with Crippen molar-refractivity contribution in [2.75, 3.05) is 0 Å². The van der Waals surface area contributed by atoms with Crippen molar-refractivity contribution in [3.8, 4) is 0 Å². The van der Waals surface area contributed by atoms with Gasteiger partial charge in [0.2, 0.25) is 0 Å². The summed E-state index contributed by atoms with van der Waals surface area (Å²) in [7, 11) is 0. The van der Waals surface area contributed by atoms with Crippen molar-refractivity contribution in [2.45, 2.75) is 44.6 Å². The molecule has 0 spiro atoms. The fraction of sp³-hybridized carbons (Fsp3) is 0.889. The van der Waals surface area contributed by atoms with Gasteiger partial charge in [0.15, 0.2) is 0 Å². The molecule has 3 N–H and O–H groups in total. The molecule has 0 unspecified atom stereocenters. The molecule has 2 atom stereocenters. The number of aliphatic carboxylic acids is 1. The van der Waals surface area contributed by atoms with Crippen molar-refractivity contribution >= 4 is 5.97 Å². The number of hydrogen-bond donors (Lipinski definition) is 2. The number of hydrogen-bond acceptors (Lipinski definition) is 2. The third kappa shape index (κ3) is 2.48. The van der Waals surface area contributed by atoms with Gasteiger partial charge < -0.3 is 10.8 Å². The van der Waals surface area contributed by atoms with Crippen molar-refractivity contribution in [1.82, 2.24) is 0 Å². The maximum atomic E-state index is 10.7. The van der Waals surface area contributed by atoms with E-state index < -0.39 is 5.97 Å². The minimum absolute atomic E-state index is 0.122. The van der Waals surface area contributed by atoms with E-state index in [-0.39, 0.29) is 12.0 Å². The lowest BCUT2D eigenvalue weighted by Crippen LogP contribution is -2.36. The molecule has 70 valence electrons. The van der Waals surface area contributed by atoms with Gasteiger partial charge in [0.1, 0.15) is 0 Å². The molecule has 3 nitrogen and oxygen atoms in total. The van der Waals surface area contributed by atoms with E-state index in [2.05, 4.69) is 0 Å². The van der Waals surface area contributed by atoms with E-state index in [4.69, 9.17) is 10.8 Å². The van der Waals surface area contributed by atoms with Gasteiger partial charge in [0.05, 0.1) is 5.92 Å². The summed E-state index contributed by atoms with van der Waals surface area (Å²) in [6, 6.07) is -0.122. The second-order valence-corrected chi connectivity index (χ2v) is 3.60. The molecule has 1 fully saturated rings. The Labute approximate surface area is 72.9 Å². The average Bonchev–Trinajstić information content (AvgIpc) is 1.96. The smallest absolute Gasteiger partial charge is 0.308 e. The number of carboxylic acids is 1. The highest BCUT2D eigenvalue weighted by molar-refractivity contribution is 5.70. The first-order chi connectivity index (χ1) is 5.72. The third-order valence-corrected chi connectivity index (χ3v) is 2.64. The zero-order valence-electron chi connectivity index (χ0n) is 7.33. The molecule has 1 aliphatic rings. The lowest BCUT2D eigenvalue weighted by molar-refractivity contribution is -0.142. The first-order valence-corrected chi connectivity index (χ1v) is 4.70. The quantitative estimate of drug-likeness (QED) is 0.626. The molecule has 0 saturated heterocycles. The van der Waals surface area contributed by atoms with Crippen LogP contribution in [0.1, 0.15) is 38.5 Å². The number of rotatable bonds is 1. The van der Waals surface area contributed by atoms with Crippen LogP contribution in [0, 0.1) is 5.92 Å². The molecule has 0 heterocycles. The van der Waals surface area contributed by atoms with Crippen LogP contribution in [-0.4, -0.2) is 17.1 Å². The molecule has 0 bridgehead atoms. The van der Waals surface area contributed by atoms with E-state index in [1.165, 1.54) is 6.42 Å². The molecule has 12 heavy (non-hydrogen) atoms. The van der Waals surface area contributed by atoms with Crippen LogP contribution >= 0.6 is 0 Å². The van der Waals surface area contributed by atoms with Crippen LogP contribution in [0.25, 0.3) is 0 Å². The Balaban J connectivity index is 2.48. The molecule has 1 rings (SSSR count). The Hall–Kier alpha value is -0.570. The van der Waals surface area contributed by atoms with Gasteiger partial charge >= 0.3 is 5.97 Å². The van der Waals surface area contributed by atoms with Crippen molar-refractivity contribution in [2.24, 2.45) is 11.7 Å². The SMILES string of the molecule is N[C@H]1CCCCCC[C@@H]1C(=O)O. The van der Waals surface area contributed by atoms with Crippen LogP contribution in [0.5, 0.6) is 0 Å². The predicted octanol–water partition coefficient (Wildman–Crippen LogP) is 1.37. The molecule has 0 aliphatic heterocycles. The summed E-state index contributed by atoms with van der Waals surface area (Å²) >= 11 is 0. The van der Waals surface area contributed by atoms with Gasteiger partial charge in [-0.2, -0.15) is 0 Å². The van der Waals surface area contributed by atoms with Crippen LogP contribution in [0.15, 0.2) is 0 Å². The summed E-state index contributed by atoms with van der Waals surface area (Å²) in [5, 5.41) is 8.85. The average molecular weight is 171 g/mol. The van der Waals surface area contributed by atoms with Crippen LogP contribution in [0.4, 0.5) is 0 Å². The number of carbonyl (C=O) groups is 1. The molecule has 0 aromatic rings. The highest BCUT2D eigenvalue weighted by Gasteiger charge is 2.25. The van der Waals surface area contributed by atoms with Crippen molar-refractivity contribution in [3.63, 3.8) is 0 Å². The molecule has 0 radical (unpaired) electrons. The van der Waals surface area contributed by atoms with Gasteiger partial charge in [-0.05, 0) is 12.8 Å². The highest BCUT2D eigenvalue weighted by Crippen LogP contribution is 2.21. The summed E-state index contributed by atoms with van der Waals surface area (Å²) < 4.78 is 0. The van der Waals surface area contributed by atoms with Crippen LogP contribution in [0.3, 0.4) is 0 Å². The van der Waals surface area contributed by atoms with E-state index in [1.807, 2.05) is 0 Å². The first-order valence-electron chi connectivity index (χ1n) is 4.70. The zero-order chi connectivity index (χ0) is 8.97. The van der Waals surface area contributed by atoms with Gasteiger partial charge in [-0.25, -0.2) is 0 Å². The maximum absolute atomic E-state index is 10.7. The molecule has 0 aromatic carbocycles. The molecule has 0 amide bonds. The predicted molar refractivity (Wildman–Crippen MR) is 46.8 cm³/mol. The van der Waals surface area contributed by atoms with Gasteiger partial charge in [0.25, 0.3) is 0 Å². The van der Waals surface area contributed by atoms with Crippen LogP contribution in [-0.2, 0) is 4.79 Å². The highest BCUT2D eigenvalue weighted by atomic mass is 16.4. The molecule has 0 aromatic heterocycles. The summed E-state index contributed by atoms with van der Waals surface area (Å²) in [6.45, 7) is 0. The van der Waals surface area contributed by atoms with Gasteiger partial charge in [-0.1, -0.05) is 25.7 Å². The van der Waals surface area contributed by atoms with E-state index in [0.29, 0.717) is 0 Å². The number of nitrogens with two attached hydrogens (primary N) is 1. The topological polar surface area (TPSA) is 63.3 Å². The summed E-state index contributed by atoms with van der Waals surface area (Å²) in [5.74, 6) is -1.02. The fourth-order valence-corrected chi connectivity index (χ4v) is 1.82. The van der Waals surface area contributed by atoms with E-state index in [1.54, 1.807) is 0 Å². The standard InChI is InChI=1S/C9H17NO2/c10-8-6-4-2-1-3-5-7(8)9(11)12/h7-8H,1-6,10H2,(H,11,12)/t7-,8-/m0/s1. The van der Waals surface area contributed by atoms with E-state index in [9.17, 15) is 4.79 Å². The fourth-order valence-electron chi connectivity index (χ4n) is 1.82. The Kier molecular flexibility index (Phi) is 3.53. The Morgan fingerprint density at radius 1 is 1.17 bits per heavy atom. The molecular formula is C9H17NO2. The number of carboxylic acid groups (broad SMARTS) is 1. The van der Waals surface area contributed by atoms with Gasteiger partial charge in [-0.15, -0.1) is 0 Å². The largest absolute Gasteiger partial charge is 0.481 e. The molecular weight excluding hydrogens is 154 g/mol. The Morgan fingerprint density at radius 2 is 1.75 bits per heavy atom. The summed E-state index contributed by atoms with van der Waals surface area (Å²) in [6.07, 6.45) is 6.11. The lowest BCUT2D eigenvalue weighted by atomic mass is 9.87. The zero-order valence-corrected chi connectivity index (χ0v) is 7.33. The van der Waals surface area contributed by atoms with Gasteiger partial charge in [-0.3, -0.25) is 4.79 Å². The third-order valence-electron chi connectivity index (χ3n) is 2.64. The van der Waals surface area contributed by atoms with Crippen LogP contribution in [0.2, 0.25) is 0 Å².